The highest BCUT2D eigenvalue weighted by Gasteiger charge is 2.25. The maximum absolute atomic E-state index is 12.5. The van der Waals surface area contributed by atoms with Crippen molar-refractivity contribution in [3.63, 3.8) is 0 Å². The molecular formula is C25H33N3O2. The second-order valence-electron chi connectivity index (χ2n) is 8.58. The molecule has 5 nitrogen and oxygen atoms in total. The van der Waals surface area contributed by atoms with Gasteiger partial charge in [0.05, 0.1) is 6.04 Å². The smallest absolute Gasteiger partial charge is 0.258 e. The molecule has 0 unspecified atom stereocenters. The van der Waals surface area contributed by atoms with Crippen LogP contribution in [0.25, 0.3) is 0 Å². The second-order valence-corrected chi connectivity index (χ2v) is 8.58. The first-order valence-corrected chi connectivity index (χ1v) is 11.1. The number of likely N-dealkylation sites (tertiary alicyclic amines) is 1. The van der Waals surface area contributed by atoms with Gasteiger partial charge in [0.15, 0.2) is 6.61 Å². The molecule has 1 atom stereocenters. The molecule has 2 aromatic rings. The van der Waals surface area contributed by atoms with E-state index < -0.39 is 0 Å². The fourth-order valence-electron chi connectivity index (χ4n) is 4.53. The van der Waals surface area contributed by atoms with Crippen molar-refractivity contribution in [1.29, 1.82) is 0 Å². The summed E-state index contributed by atoms with van der Waals surface area (Å²) in [4.78, 5) is 17.3. The lowest BCUT2D eigenvalue weighted by Gasteiger charge is -2.35. The first-order chi connectivity index (χ1) is 14.6. The van der Waals surface area contributed by atoms with Gasteiger partial charge in [-0.15, -0.1) is 0 Å². The molecule has 2 aliphatic rings. The van der Waals surface area contributed by atoms with Gasteiger partial charge in [0.1, 0.15) is 5.75 Å². The van der Waals surface area contributed by atoms with Crippen molar-refractivity contribution < 1.29 is 9.53 Å². The van der Waals surface area contributed by atoms with Crippen LogP contribution in [0, 0.1) is 6.92 Å². The van der Waals surface area contributed by atoms with Crippen LogP contribution >= 0.6 is 0 Å². The van der Waals surface area contributed by atoms with E-state index in [0.29, 0.717) is 6.54 Å². The van der Waals surface area contributed by atoms with Crippen molar-refractivity contribution in [3.05, 3.63) is 59.2 Å². The largest absolute Gasteiger partial charge is 0.484 e. The lowest BCUT2D eigenvalue weighted by atomic mass is 9.98. The van der Waals surface area contributed by atoms with Gasteiger partial charge in [0.2, 0.25) is 0 Å². The molecular weight excluding hydrogens is 374 g/mol. The number of benzene rings is 2. The Morgan fingerprint density at radius 1 is 1.07 bits per heavy atom. The zero-order valence-corrected chi connectivity index (χ0v) is 18.2. The van der Waals surface area contributed by atoms with E-state index in [1.54, 1.807) is 0 Å². The van der Waals surface area contributed by atoms with Gasteiger partial charge in [-0.1, -0.05) is 36.2 Å². The first-order valence-electron chi connectivity index (χ1n) is 11.1. The van der Waals surface area contributed by atoms with Gasteiger partial charge in [-0.2, -0.15) is 0 Å². The van der Waals surface area contributed by atoms with Crippen LogP contribution in [0.5, 0.6) is 5.75 Å². The number of carbonyl (C=O) groups excluding carboxylic acids is 1. The minimum atomic E-state index is -0.0709. The monoisotopic (exact) mass is 407 g/mol. The van der Waals surface area contributed by atoms with E-state index in [9.17, 15) is 4.79 Å². The highest BCUT2D eigenvalue weighted by Crippen LogP contribution is 2.32. The number of nitrogens with one attached hydrogen (secondary N) is 1. The molecule has 5 heteroatoms. The molecule has 4 rings (SSSR count). The number of fused-ring (bicyclic) bond motifs is 1. The summed E-state index contributed by atoms with van der Waals surface area (Å²) in [7, 11) is 2.15. The molecule has 0 aliphatic carbocycles. The Hall–Kier alpha value is -2.53. The average molecular weight is 408 g/mol. The minimum absolute atomic E-state index is 0.0464. The predicted octanol–water partition coefficient (Wildman–Crippen LogP) is 3.71. The summed E-state index contributed by atoms with van der Waals surface area (Å²) in [5, 5.41) is 3.12. The molecule has 30 heavy (non-hydrogen) atoms. The number of carbonyl (C=O) groups is 1. The number of nitrogens with zero attached hydrogens (tertiary/aromatic N) is 2. The van der Waals surface area contributed by atoms with Crippen LogP contribution in [-0.2, 0) is 11.2 Å². The number of anilines is 1. The third kappa shape index (κ3) is 4.96. The Kier molecular flexibility index (Phi) is 6.58. The van der Waals surface area contributed by atoms with Gasteiger partial charge in [-0.3, -0.25) is 9.69 Å². The molecule has 1 N–H and O–H groups in total. The van der Waals surface area contributed by atoms with Crippen LogP contribution in [0.2, 0.25) is 0 Å². The van der Waals surface area contributed by atoms with Gasteiger partial charge in [0.25, 0.3) is 5.91 Å². The molecule has 1 amide bonds. The molecule has 0 aromatic heterocycles. The van der Waals surface area contributed by atoms with E-state index in [1.165, 1.54) is 41.6 Å². The molecule has 2 aliphatic heterocycles. The van der Waals surface area contributed by atoms with Crippen molar-refractivity contribution >= 4 is 11.6 Å². The van der Waals surface area contributed by atoms with Crippen LogP contribution in [0.1, 0.15) is 42.0 Å². The zero-order valence-electron chi connectivity index (χ0n) is 18.2. The standard InChI is InChI=1S/C25H33N3O2/c1-19-6-9-22(10-7-19)30-18-25(29)26-17-24(28-13-4-3-5-14-28)20-8-11-23-21(16-20)12-15-27(23)2/h6-11,16,24H,3-5,12-15,17-18H2,1-2H3,(H,26,29)/t24-/m0/s1. The van der Waals surface area contributed by atoms with Crippen molar-refractivity contribution in [1.82, 2.24) is 10.2 Å². The summed E-state index contributed by atoms with van der Waals surface area (Å²) >= 11 is 0. The number of likely N-dealkylation sites (N-methyl/N-ethyl adjacent to an activating group) is 1. The Labute approximate surface area is 180 Å². The molecule has 0 spiro atoms. The topological polar surface area (TPSA) is 44.8 Å². The van der Waals surface area contributed by atoms with Gasteiger partial charge in [0, 0.05) is 25.8 Å². The molecule has 1 fully saturated rings. The number of amides is 1. The van der Waals surface area contributed by atoms with Gasteiger partial charge < -0.3 is 15.0 Å². The first kappa shape index (κ1) is 20.7. The third-order valence-corrected chi connectivity index (χ3v) is 6.33. The molecule has 2 aromatic carbocycles. The third-order valence-electron chi connectivity index (χ3n) is 6.33. The highest BCUT2D eigenvalue weighted by atomic mass is 16.5. The average Bonchev–Trinajstić information content (AvgIpc) is 3.14. The van der Waals surface area contributed by atoms with E-state index >= 15 is 0 Å². The van der Waals surface area contributed by atoms with Gasteiger partial charge >= 0.3 is 0 Å². The van der Waals surface area contributed by atoms with E-state index in [0.717, 1.165) is 31.8 Å². The number of hydrogen-bond acceptors (Lipinski definition) is 4. The lowest BCUT2D eigenvalue weighted by molar-refractivity contribution is -0.123. The number of hydrogen-bond donors (Lipinski definition) is 1. The van der Waals surface area contributed by atoms with Crippen molar-refractivity contribution in [2.75, 3.05) is 44.7 Å². The van der Waals surface area contributed by atoms with Crippen molar-refractivity contribution in [2.24, 2.45) is 0 Å². The highest BCUT2D eigenvalue weighted by molar-refractivity contribution is 5.77. The molecule has 0 bridgehead atoms. The summed E-state index contributed by atoms with van der Waals surface area (Å²) in [5.74, 6) is 0.657. The maximum atomic E-state index is 12.5. The van der Waals surface area contributed by atoms with E-state index in [2.05, 4.69) is 40.4 Å². The van der Waals surface area contributed by atoms with Crippen molar-refractivity contribution in [3.8, 4) is 5.75 Å². The molecule has 0 radical (unpaired) electrons. The Morgan fingerprint density at radius 2 is 1.83 bits per heavy atom. The van der Waals surface area contributed by atoms with Crippen molar-refractivity contribution in [2.45, 2.75) is 38.6 Å². The Balaban J connectivity index is 1.40. The van der Waals surface area contributed by atoms with Crippen LogP contribution in [0.15, 0.2) is 42.5 Å². The fraction of sp³-hybridized carbons (Fsp3) is 0.480. The normalized spacial score (nSPS) is 17.5. The quantitative estimate of drug-likeness (QED) is 0.760. The molecule has 1 saturated heterocycles. The fourth-order valence-corrected chi connectivity index (χ4v) is 4.53. The van der Waals surface area contributed by atoms with E-state index in [-0.39, 0.29) is 18.6 Å². The number of ether oxygens (including phenoxy) is 1. The number of aryl methyl sites for hydroxylation is 1. The lowest BCUT2D eigenvalue weighted by Crippen LogP contribution is -2.41. The zero-order chi connectivity index (χ0) is 20.9. The number of piperidine rings is 1. The van der Waals surface area contributed by atoms with Gasteiger partial charge in [-0.25, -0.2) is 0 Å². The van der Waals surface area contributed by atoms with Gasteiger partial charge in [-0.05, 0) is 68.6 Å². The van der Waals surface area contributed by atoms with Crippen LogP contribution in [-0.4, -0.2) is 50.6 Å². The number of rotatable bonds is 7. The Morgan fingerprint density at radius 3 is 2.60 bits per heavy atom. The van der Waals surface area contributed by atoms with Crippen LogP contribution in [0.3, 0.4) is 0 Å². The van der Waals surface area contributed by atoms with Crippen LogP contribution in [0.4, 0.5) is 5.69 Å². The summed E-state index contributed by atoms with van der Waals surface area (Å²) in [6.07, 6.45) is 4.86. The van der Waals surface area contributed by atoms with E-state index in [1.807, 2.05) is 31.2 Å². The molecule has 0 saturated carbocycles. The minimum Gasteiger partial charge on any atom is -0.484 e. The predicted molar refractivity (Wildman–Crippen MR) is 121 cm³/mol. The summed E-state index contributed by atoms with van der Waals surface area (Å²) in [5.41, 5.74) is 5.25. The second kappa shape index (κ2) is 9.52. The SMILES string of the molecule is Cc1ccc(OCC(=O)NC[C@@H](c2ccc3c(c2)CCN3C)N2CCCCC2)cc1. The van der Waals surface area contributed by atoms with E-state index in [4.69, 9.17) is 4.74 Å². The molecule has 160 valence electrons. The Bertz CT molecular complexity index is 859. The summed E-state index contributed by atoms with van der Waals surface area (Å²) < 4.78 is 5.65. The summed E-state index contributed by atoms with van der Waals surface area (Å²) in [6.45, 7) is 5.97. The molecule has 2 heterocycles. The maximum Gasteiger partial charge on any atom is 0.258 e. The van der Waals surface area contributed by atoms with Crippen LogP contribution < -0.4 is 15.0 Å². The summed E-state index contributed by atoms with van der Waals surface area (Å²) in [6, 6.07) is 14.8.